The third-order valence-corrected chi connectivity index (χ3v) is 15.0. The molecule has 0 saturated heterocycles. The summed E-state index contributed by atoms with van der Waals surface area (Å²) in [5, 5.41) is 0. The molecule has 0 aliphatic carbocycles. The van der Waals surface area contributed by atoms with Gasteiger partial charge >= 0.3 is 59.1 Å². The summed E-state index contributed by atoms with van der Waals surface area (Å²) in [6, 6.07) is 24.6. The molecule has 0 heterocycles. The van der Waals surface area contributed by atoms with Gasteiger partial charge in [0.25, 0.3) is 20.2 Å². The van der Waals surface area contributed by atoms with Gasteiger partial charge in [0.15, 0.2) is 0 Å². The Morgan fingerprint density at radius 1 is 0.375 bits per heavy atom. The molecule has 0 bridgehead atoms. The fraction of sp³-hybridized carbons (Fsp3) is 0.478. The molecule has 4 aromatic carbocycles. The third-order valence-electron chi connectivity index (χ3n) is 10.1. The van der Waals surface area contributed by atoms with E-state index in [2.05, 4.69) is 13.8 Å². The first kappa shape index (κ1) is 60.5. The van der Waals surface area contributed by atoms with E-state index in [9.17, 15) is 42.8 Å². The van der Waals surface area contributed by atoms with Crippen LogP contribution >= 0.6 is 0 Å². The van der Waals surface area contributed by atoms with Crippen LogP contribution in [-0.4, -0.2) is 56.0 Å². The molecule has 344 valence electrons. The second-order valence-corrected chi connectivity index (χ2v) is 20.9. The van der Waals surface area contributed by atoms with Crippen molar-refractivity contribution in [3.63, 3.8) is 0 Å². The van der Waals surface area contributed by atoms with Crippen LogP contribution in [0, 0.1) is 0 Å². The van der Waals surface area contributed by atoms with Crippen molar-refractivity contribution in [3.05, 3.63) is 97.1 Å². The fourth-order valence-electron chi connectivity index (χ4n) is 6.91. The molecule has 12 nitrogen and oxygen atoms in total. The van der Waals surface area contributed by atoms with Crippen molar-refractivity contribution in [2.75, 3.05) is 13.2 Å². The predicted molar refractivity (Wildman–Crippen MR) is 240 cm³/mol. The predicted octanol–water partition coefficient (Wildman–Crippen LogP) is 5.00. The van der Waals surface area contributed by atoms with Gasteiger partial charge in [-0.25, -0.2) is 16.8 Å². The third kappa shape index (κ3) is 21.2. The van der Waals surface area contributed by atoms with E-state index in [1.807, 2.05) is 0 Å². The number of rotatable bonds is 28. The average Bonchev–Trinajstić information content (AvgIpc) is 3.24. The van der Waals surface area contributed by atoms with Crippen molar-refractivity contribution in [1.29, 1.82) is 0 Å². The summed E-state index contributed by atoms with van der Waals surface area (Å²) in [5.41, 5.74) is 1.23. The Kier molecular flexibility index (Phi) is 29.8. The van der Waals surface area contributed by atoms with E-state index in [4.69, 9.17) is 8.37 Å². The summed E-state index contributed by atoms with van der Waals surface area (Å²) < 4.78 is 132. The molecule has 0 amide bonds. The van der Waals surface area contributed by atoms with Crippen LogP contribution in [0.15, 0.2) is 117 Å². The largest absolute Gasteiger partial charge is 1.00 e. The topological polar surface area (TPSA) is 201 Å². The summed E-state index contributed by atoms with van der Waals surface area (Å²) in [4.78, 5) is -2.76. The minimum atomic E-state index is -5.01. The van der Waals surface area contributed by atoms with Crippen molar-refractivity contribution in [1.82, 2.24) is 0 Å². The van der Waals surface area contributed by atoms with Crippen LogP contribution in [0.1, 0.15) is 129 Å². The van der Waals surface area contributed by atoms with E-state index < -0.39 is 60.1 Å². The first-order valence-electron chi connectivity index (χ1n) is 21.6. The second-order valence-electron chi connectivity index (χ2n) is 15.1. The number of hydrogen-bond donors (Lipinski definition) is 0. The summed E-state index contributed by atoms with van der Waals surface area (Å²) in [5.74, 6) is 0. The van der Waals surface area contributed by atoms with Crippen LogP contribution in [0.4, 0.5) is 0 Å². The first-order valence-corrected chi connectivity index (χ1v) is 27.3. The van der Waals surface area contributed by atoms with Gasteiger partial charge in [-0.2, -0.15) is 16.8 Å². The number of benzene rings is 4. The minimum absolute atomic E-state index is 0. The molecule has 18 heteroatoms. The second kappa shape index (κ2) is 31.5. The molecule has 0 fully saturated rings. The minimum Gasteiger partial charge on any atom is -0.744 e. The molecule has 4 rings (SSSR count). The van der Waals surface area contributed by atoms with Crippen LogP contribution in [0.2, 0.25) is 0 Å². The smallest absolute Gasteiger partial charge is 0.744 e. The normalized spacial score (nSPS) is 11.8. The average molecular weight is 981 g/mol. The molecule has 0 radical (unpaired) electrons. The van der Waals surface area contributed by atoms with Crippen LogP contribution in [0.5, 0.6) is 0 Å². The molecule has 0 atom stereocenters. The zero-order valence-corrected chi connectivity index (χ0v) is 45.2. The van der Waals surface area contributed by atoms with Crippen LogP contribution in [0.3, 0.4) is 0 Å². The molecule has 64 heavy (non-hydrogen) atoms. The van der Waals surface area contributed by atoms with E-state index in [0.717, 1.165) is 50.7 Å². The molecule has 0 unspecified atom stereocenters. The van der Waals surface area contributed by atoms with Gasteiger partial charge < -0.3 is 9.11 Å². The van der Waals surface area contributed by atoms with Crippen LogP contribution in [-0.2, 0) is 48.8 Å². The quantitative estimate of drug-likeness (QED) is 0.0320. The maximum Gasteiger partial charge on any atom is 1.00 e. The maximum atomic E-state index is 12.9. The molecule has 0 saturated carbocycles. The maximum absolute atomic E-state index is 12.9. The van der Waals surface area contributed by atoms with Gasteiger partial charge in [0.2, 0.25) is 0 Å². The SMILES string of the molecule is CCCCCCCCCCCOS(=O)(=O)c1c(-c2ccccc2)cccc1S(=O)(=O)[O-].CCCCCCCCCCCOS(=O)(=O)c1c(-c2ccccc2)cccc1S(=O)(=O)[O-].[Na+].[Na+]. The molecule has 0 aromatic heterocycles. The van der Waals surface area contributed by atoms with Crippen molar-refractivity contribution in [3.8, 4) is 22.3 Å². The Bertz CT molecular complexity index is 2210. The molecular formula is C46H62Na2O12S4. The van der Waals surface area contributed by atoms with Gasteiger partial charge in [0, 0.05) is 11.1 Å². The Hall–Kier alpha value is -1.48. The van der Waals surface area contributed by atoms with Crippen LogP contribution in [0.25, 0.3) is 22.3 Å². The standard InChI is InChI=1S/2C23H32O6S2.2Na/c2*1-2-3-4-5-6-7-8-9-13-19-29-31(27,28)23-21(20-15-11-10-12-16-20)17-14-18-22(23)30(24,25)26;;/h2*10-12,14-18H,2-9,13,19H2,1H3,(H,24,25,26);;/q;;2*+1/p-2. The summed E-state index contributed by atoms with van der Waals surface area (Å²) in [7, 11) is -18.9. The van der Waals surface area contributed by atoms with Crippen LogP contribution < -0.4 is 59.1 Å². The van der Waals surface area contributed by atoms with E-state index >= 15 is 0 Å². The van der Waals surface area contributed by atoms with Crippen molar-refractivity contribution >= 4 is 40.5 Å². The molecule has 0 N–H and O–H groups in total. The molecule has 0 aliphatic heterocycles. The van der Waals surface area contributed by atoms with Gasteiger partial charge in [-0.05, 0) is 36.1 Å². The van der Waals surface area contributed by atoms with Gasteiger partial charge in [-0.3, -0.25) is 8.37 Å². The monoisotopic (exact) mass is 980 g/mol. The number of unbranched alkanes of at least 4 members (excludes halogenated alkanes) is 16. The van der Waals surface area contributed by atoms with Gasteiger partial charge in [-0.15, -0.1) is 0 Å². The first-order chi connectivity index (χ1) is 29.5. The van der Waals surface area contributed by atoms with Crippen molar-refractivity contribution < 1.29 is 110 Å². The molecule has 0 aliphatic rings. The Labute approximate surface area is 428 Å². The van der Waals surface area contributed by atoms with Crippen molar-refractivity contribution in [2.45, 2.75) is 149 Å². The van der Waals surface area contributed by atoms with E-state index in [1.54, 1.807) is 60.7 Å². The van der Waals surface area contributed by atoms with Gasteiger partial charge in [0.05, 0.1) is 23.0 Å². The van der Waals surface area contributed by atoms with Gasteiger partial charge in [-0.1, -0.05) is 202 Å². The van der Waals surface area contributed by atoms with Gasteiger partial charge in [0.1, 0.15) is 30.0 Å². The molecule has 0 spiro atoms. The molecule has 4 aromatic rings. The summed E-state index contributed by atoms with van der Waals surface area (Å²) in [6.07, 6.45) is 19.2. The van der Waals surface area contributed by atoms with E-state index in [-0.39, 0.29) is 83.5 Å². The Morgan fingerprint density at radius 3 is 0.938 bits per heavy atom. The summed E-state index contributed by atoms with van der Waals surface area (Å²) >= 11 is 0. The van der Waals surface area contributed by atoms with E-state index in [0.29, 0.717) is 24.0 Å². The fourth-order valence-corrected chi connectivity index (χ4v) is 11.8. The molecular weight excluding hydrogens is 919 g/mol. The summed E-state index contributed by atoms with van der Waals surface area (Å²) in [6.45, 7) is 4.25. The van der Waals surface area contributed by atoms with E-state index in [1.165, 1.54) is 88.5 Å². The Morgan fingerprint density at radius 2 is 0.656 bits per heavy atom. The Balaban J connectivity index is 0.000000621. The zero-order valence-electron chi connectivity index (χ0n) is 37.9. The van der Waals surface area contributed by atoms with Crippen molar-refractivity contribution in [2.24, 2.45) is 0 Å². The zero-order chi connectivity index (χ0) is 45.5. The number of hydrogen-bond acceptors (Lipinski definition) is 12.